The number of aromatic nitrogens is 1. The molecule has 0 unspecified atom stereocenters. The van der Waals surface area contributed by atoms with E-state index < -0.39 is 0 Å². The number of amides is 2. The standard InChI is InChI=1S/C18H28N4O2/c1-14(16-6-5-11-24-16)21-18(23)20-13-15-7-8-19-17(12-15)22-9-3-2-4-10-22/h7-8,12,14,16H,2-6,9-11,13H2,1H3,(H2,20,21,23)/t14-,16+/m0/s1. The minimum absolute atomic E-state index is 0.0360. The summed E-state index contributed by atoms with van der Waals surface area (Å²) in [7, 11) is 0. The van der Waals surface area contributed by atoms with E-state index in [9.17, 15) is 4.79 Å². The van der Waals surface area contributed by atoms with Gasteiger partial charge in [0.05, 0.1) is 12.1 Å². The van der Waals surface area contributed by atoms with Crippen molar-refractivity contribution in [3.8, 4) is 0 Å². The Balaban J connectivity index is 1.47. The quantitative estimate of drug-likeness (QED) is 0.869. The molecule has 1 aromatic heterocycles. The summed E-state index contributed by atoms with van der Waals surface area (Å²) in [5.74, 6) is 1.02. The van der Waals surface area contributed by atoms with Crippen LogP contribution in [-0.4, -0.2) is 42.9 Å². The van der Waals surface area contributed by atoms with Crippen LogP contribution in [0.25, 0.3) is 0 Å². The number of piperidine rings is 1. The summed E-state index contributed by atoms with van der Waals surface area (Å²) in [6, 6.07) is 3.93. The summed E-state index contributed by atoms with van der Waals surface area (Å²) in [6.45, 7) is 5.45. The minimum Gasteiger partial charge on any atom is -0.376 e. The number of hydrogen-bond donors (Lipinski definition) is 2. The van der Waals surface area contributed by atoms with E-state index in [-0.39, 0.29) is 18.2 Å². The Morgan fingerprint density at radius 3 is 2.96 bits per heavy atom. The molecule has 0 aliphatic carbocycles. The van der Waals surface area contributed by atoms with Gasteiger partial charge in [-0.3, -0.25) is 0 Å². The van der Waals surface area contributed by atoms with E-state index in [0.29, 0.717) is 6.54 Å². The predicted molar refractivity (Wildman–Crippen MR) is 94.1 cm³/mol. The first kappa shape index (κ1) is 17.0. The number of carbonyl (C=O) groups is 1. The second-order valence-electron chi connectivity index (χ2n) is 6.74. The highest BCUT2D eigenvalue weighted by Gasteiger charge is 2.23. The van der Waals surface area contributed by atoms with Crippen molar-refractivity contribution in [3.63, 3.8) is 0 Å². The zero-order valence-corrected chi connectivity index (χ0v) is 14.5. The Morgan fingerprint density at radius 2 is 2.21 bits per heavy atom. The van der Waals surface area contributed by atoms with Crippen molar-refractivity contribution < 1.29 is 9.53 Å². The van der Waals surface area contributed by atoms with E-state index in [1.807, 2.05) is 19.2 Å². The van der Waals surface area contributed by atoms with Gasteiger partial charge in [-0.15, -0.1) is 0 Å². The third-order valence-corrected chi connectivity index (χ3v) is 4.82. The number of nitrogens with zero attached hydrogens (tertiary/aromatic N) is 2. The summed E-state index contributed by atoms with van der Waals surface area (Å²) < 4.78 is 5.61. The molecule has 6 heteroatoms. The Bertz CT molecular complexity index is 540. The molecule has 3 heterocycles. The zero-order valence-electron chi connectivity index (χ0n) is 14.5. The first-order valence-corrected chi connectivity index (χ1v) is 9.08. The molecule has 0 saturated carbocycles. The average Bonchev–Trinajstić information content (AvgIpc) is 3.16. The Kier molecular flexibility index (Phi) is 5.91. The molecule has 2 saturated heterocycles. The molecule has 0 radical (unpaired) electrons. The highest BCUT2D eigenvalue weighted by Crippen LogP contribution is 2.18. The molecular formula is C18H28N4O2. The second-order valence-corrected chi connectivity index (χ2v) is 6.74. The van der Waals surface area contributed by atoms with Gasteiger partial charge in [-0.25, -0.2) is 9.78 Å². The molecule has 0 spiro atoms. The predicted octanol–water partition coefficient (Wildman–Crippen LogP) is 2.44. The van der Waals surface area contributed by atoms with Crippen LogP contribution < -0.4 is 15.5 Å². The molecule has 0 bridgehead atoms. The number of ether oxygens (including phenoxy) is 1. The van der Waals surface area contributed by atoms with Gasteiger partial charge in [0.1, 0.15) is 5.82 Å². The molecule has 0 aromatic carbocycles. The fraction of sp³-hybridized carbons (Fsp3) is 0.667. The molecule has 6 nitrogen and oxygen atoms in total. The summed E-state index contributed by atoms with van der Waals surface area (Å²) in [5.41, 5.74) is 1.07. The van der Waals surface area contributed by atoms with Gasteiger partial charge in [0, 0.05) is 32.4 Å². The SMILES string of the molecule is C[C@H](NC(=O)NCc1ccnc(N2CCCCC2)c1)[C@H]1CCCO1. The monoisotopic (exact) mass is 332 g/mol. The first-order chi connectivity index (χ1) is 11.7. The van der Waals surface area contributed by atoms with Gasteiger partial charge in [0.2, 0.25) is 0 Å². The summed E-state index contributed by atoms with van der Waals surface area (Å²) >= 11 is 0. The van der Waals surface area contributed by atoms with Gasteiger partial charge in [-0.1, -0.05) is 0 Å². The number of nitrogens with one attached hydrogen (secondary N) is 2. The van der Waals surface area contributed by atoms with E-state index in [4.69, 9.17) is 4.74 Å². The fourth-order valence-corrected chi connectivity index (χ4v) is 3.40. The first-order valence-electron chi connectivity index (χ1n) is 9.08. The third-order valence-electron chi connectivity index (χ3n) is 4.82. The van der Waals surface area contributed by atoms with Gasteiger partial charge >= 0.3 is 6.03 Å². The highest BCUT2D eigenvalue weighted by molar-refractivity contribution is 5.74. The van der Waals surface area contributed by atoms with Crippen molar-refractivity contribution in [3.05, 3.63) is 23.9 Å². The highest BCUT2D eigenvalue weighted by atomic mass is 16.5. The number of anilines is 1. The number of pyridine rings is 1. The van der Waals surface area contributed by atoms with Crippen molar-refractivity contribution in [2.75, 3.05) is 24.6 Å². The number of rotatable bonds is 5. The van der Waals surface area contributed by atoms with Crippen LogP contribution in [0.4, 0.5) is 10.6 Å². The lowest BCUT2D eigenvalue weighted by Gasteiger charge is -2.28. The van der Waals surface area contributed by atoms with Crippen LogP contribution in [0.1, 0.15) is 44.6 Å². The van der Waals surface area contributed by atoms with Gasteiger partial charge in [-0.05, 0) is 56.7 Å². The summed E-state index contributed by atoms with van der Waals surface area (Å²) in [5, 5.41) is 5.90. The van der Waals surface area contributed by atoms with Gasteiger partial charge in [-0.2, -0.15) is 0 Å². The summed E-state index contributed by atoms with van der Waals surface area (Å²) in [6.07, 6.45) is 7.83. The Hall–Kier alpha value is -1.82. The molecule has 132 valence electrons. The van der Waals surface area contributed by atoms with Crippen LogP contribution in [0.2, 0.25) is 0 Å². The number of urea groups is 1. The van der Waals surface area contributed by atoms with Crippen LogP contribution >= 0.6 is 0 Å². The maximum Gasteiger partial charge on any atom is 0.315 e. The van der Waals surface area contributed by atoms with Crippen LogP contribution in [0.15, 0.2) is 18.3 Å². The molecular weight excluding hydrogens is 304 g/mol. The lowest BCUT2D eigenvalue weighted by molar-refractivity contribution is 0.0860. The third kappa shape index (κ3) is 4.60. The smallest absolute Gasteiger partial charge is 0.315 e. The lowest BCUT2D eigenvalue weighted by atomic mass is 10.1. The van der Waals surface area contributed by atoms with Crippen molar-refractivity contribution in [1.29, 1.82) is 0 Å². The molecule has 1 aromatic rings. The average molecular weight is 332 g/mol. The minimum atomic E-state index is -0.144. The molecule has 2 N–H and O–H groups in total. The van der Waals surface area contributed by atoms with Crippen LogP contribution in [0.5, 0.6) is 0 Å². The van der Waals surface area contributed by atoms with Crippen LogP contribution in [0, 0.1) is 0 Å². The van der Waals surface area contributed by atoms with E-state index in [1.54, 1.807) is 0 Å². The number of hydrogen-bond acceptors (Lipinski definition) is 4. The van der Waals surface area contributed by atoms with Crippen molar-refractivity contribution in [2.24, 2.45) is 0 Å². The lowest BCUT2D eigenvalue weighted by Crippen LogP contribution is -2.45. The van der Waals surface area contributed by atoms with E-state index in [1.165, 1.54) is 19.3 Å². The molecule has 2 aliphatic heterocycles. The summed E-state index contributed by atoms with van der Waals surface area (Å²) in [4.78, 5) is 18.9. The second kappa shape index (κ2) is 8.33. The Morgan fingerprint density at radius 1 is 1.38 bits per heavy atom. The molecule has 24 heavy (non-hydrogen) atoms. The molecule has 3 rings (SSSR count). The van der Waals surface area contributed by atoms with Crippen molar-refractivity contribution in [2.45, 2.75) is 57.7 Å². The zero-order chi connectivity index (χ0) is 16.8. The van der Waals surface area contributed by atoms with Crippen molar-refractivity contribution in [1.82, 2.24) is 15.6 Å². The van der Waals surface area contributed by atoms with Gasteiger partial charge in [0.25, 0.3) is 0 Å². The molecule has 2 fully saturated rings. The van der Waals surface area contributed by atoms with Gasteiger partial charge in [0.15, 0.2) is 0 Å². The molecule has 2 atom stereocenters. The largest absolute Gasteiger partial charge is 0.376 e. The van der Waals surface area contributed by atoms with Crippen LogP contribution in [0.3, 0.4) is 0 Å². The number of carbonyl (C=O) groups excluding carboxylic acids is 1. The van der Waals surface area contributed by atoms with E-state index in [2.05, 4.69) is 26.6 Å². The normalized spacial score (nSPS) is 22.2. The van der Waals surface area contributed by atoms with E-state index in [0.717, 1.165) is 43.9 Å². The molecule has 2 amide bonds. The maximum absolute atomic E-state index is 12.1. The topological polar surface area (TPSA) is 66.5 Å². The van der Waals surface area contributed by atoms with Crippen LogP contribution in [-0.2, 0) is 11.3 Å². The Labute approximate surface area is 144 Å². The van der Waals surface area contributed by atoms with Crippen molar-refractivity contribution >= 4 is 11.8 Å². The maximum atomic E-state index is 12.1. The fourth-order valence-electron chi connectivity index (χ4n) is 3.40. The molecule has 2 aliphatic rings. The van der Waals surface area contributed by atoms with Gasteiger partial charge < -0.3 is 20.3 Å². The van der Waals surface area contributed by atoms with E-state index >= 15 is 0 Å².